The van der Waals surface area contributed by atoms with Crippen molar-refractivity contribution in [2.45, 2.75) is 39.5 Å². The Balaban J connectivity index is 0. The number of hydrogen-bond acceptors (Lipinski definition) is 2. The Morgan fingerprint density at radius 2 is 1.85 bits per heavy atom. The van der Waals surface area contributed by atoms with Crippen molar-refractivity contribution < 1.29 is 22.7 Å². The second-order valence-electron chi connectivity index (χ2n) is 2.50. The molecule has 0 radical (unpaired) electrons. The fourth-order valence-corrected chi connectivity index (χ4v) is 0.745. The van der Waals surface area contributed by atoms with Crippen molar-refractivity contribution in [2.24, 2.45) is 0 Å². The van der Waals surface area contributed by atoms with Crippen LogP contribution >= 0.6 is 27.2 Å². The van der Waals surface area contributed by atoms with Gasteiger partial charge in [0.15, 0.2) is 0 Å². The van der Waals surface area contributed by atoms with Crippen LogP contribution in [0.25, 0.3) is 0 Å². The maximum atomic E-state index is 10.3. The van der Waals surface area contributed by atoms with Crippen LogP contribution in [0.2, 0.25) is 0 Å². The molecule has 0 aromatic rings. The zero-order chi connectivity index (χ0) is 10.5. The fourth-order valence-electron chi connectivity index (χ4n) is 0.745. The minimum atomic E-state index is -0.250. The van der Waals surface area contributed by atoms with Crippen LogP contribution < -0.4 is 0 Å². The number of esters is 1. The Morgan fingerprint density at radius 3 is 2.23 bits per heavy atom. The van der Waals surface area contributed by atoms with E-state index in [9.17, 15) is 4.79 Å². The molecular formula is C8H16Br2O2Zn. The van der Waals surface area contributed by atoms with Crippen LogP contribution in [0.3, 0.4) is 0 Å². The molecule has 0 aliphatic rings. The van der Waals surface area contributed by atoms with Gasteiger partial charge in [-0.2, -0.15) is 0 Å². The zero-order valence-corrected chi connectivity index (χ0v) is 14.5. The van der Waals surface area contributed by atoms with Gasteiger partial charge in [-0.1, -0.05) is 26.2 Å². The molecular weight excluding hydrogens is 353 g/mol. The summed E-state index contributed by atoms with van der Waals surface area (Å²) in [6.07, 6.45) is 4.64. The van der Waals surface area contributed by atoms with Crippen LogP contribution in [0.15, 0.2) is 0 Å². The molecule has 0 aliphatic heterocycles. The monoisotopic (exact) mass is 366 g/mol. The van der Waals surface area contributed by atoms with Gasteiger partial charge in [-0.25, -0.2) is 0 Å². The third kappa shape index (κ3) is 24.6. The summed E-state index contributed by atoms with van der Waals surface area (Å²) in [4.78, 5) is 10.3. The Hall–Kier alpha value is 1.05. The molecule has 0 fully saturated rings. The van der Waals surface area contributed by atoms with Gasteiger partial charge in [-0.3, -0.25) is 4.79 Å². The summed E-state index contributed by atoms with van der Waals surface area (Å²) in [7, 11) is 0. The molecule has 0 rings (SSSR count). The van der Waals surface area contributed by atoms with Gasteiger partial charge in [0.25, 0.3) is 0 Å². The predicted molar refractivity (Wildman–Crippen MR) is 58.6 cm³/mol. The van der Waals surface area contributed by atoms with E-state index in [0.717, 1.165) is 6.42 Å². The van der Waals surface area contributed by atoms with Gasteiger partial charge < -0.3 is 4.74 Å². The molecule has 0 aliphatic carbocycles. The van der Waals surface area contributed by atoms with Crippen molar-refractivity contribution in [3.8, 4) is 0 Å². The molecule has 5 heteroatoms. The van der Waals surface area contributed by atoms with Crippen LogP contribution in [0, 0.1) is 0 Å². The Kier molecular flexibility index (Phi) is 19.7. The van der Waals surface area contributed by atoms with Crippen LogP contribution in [0.1, 0.15) is 39.5 Å². The van der Waals surface area contributed by atoms with Crippen molar-refractivity contribution >= 4 is 33.2 Å². The normalized spacial score (nSPS) is 8.00. The molecule has 0 aromatic heterocycles. The van der Waals surface area contributed by atoms with Gasteiger partial charge in [0.05, 0.1) is 6.61 Å². The van der Waals surface area contributed by atoms with Crippen molar-refractivity contribution in [2.75, 3.05) is 6.61 Å². The number of hydrogen-bond donors (Lipinski definition) is 0. The number of unbranched alkanes of at least 4 members (excludes halogenated alkanes) is 3. The van der Waals surface area contributed by atoms with E-state index in [-0.39, 0.29) is 19.2 Å². The first-order valence-electron chi connectivity index (χ1n) is 4.44. The zero-order valence-electron chi connectivity index (χ0n) is 8.32. The molecule has 76 valence electrons. The molecule has 0 saturated heterocycles. The minimum absolute atomic E-state index is 0.170. The number of carbonyl (C=O) groups excluding carboxylic acids is 1. The van der Waals surface area contributed by atoms with Crippen molar-refractivity contribution in [1.82, 2.24) is 0 Å². The number of carbonyl (C=O) groups is 1. The van der Waals surface area contributed by atoms with E-state index in [1.807, 2.05) is 0 Å². The molecule has 0 bridgehead atoms. The number of halogens is 2. The van der Waals surface area contributed by atoms with Gasteiger partial charge >= 0.3 is 46.4 Å². The summed E-state index contributed by atoms with van der Waals surface area (Å²) < 4.78 is 4.75. The van der Waals surface area contributed by atoms with Crippen LogP contribution in [0.4, 0.5) is 0 Å². The summed E-state index contributed by atoms with van der Waals surface area (Å²) in [6, 6.07) is 0. The molecule has 0 heterocycles. The molecule has 0 spiro atoms. The van der Waals surface area contributed by atoms with Gasteiger partial charge in [-0.05, 0) is 6.42 Å². The van der Waals surface area contributed by atoms with Crippen LogP contribution in [-0.4, -0.2) is 12.6 Å². The molecule has 13 heavy (non-hydrogen) atoms. The molecule has 2 nitrogen and oxygen atoms in total. The van der Waals surface area contributed by atoms with E-state index in [1.54, 1.807) is 0 Å². The predicted octanol–water partition coefficient (Wildman–Crippen LogP) is 3.82. The Morgan fingerprint density at radius 1 is 1.31 bits per heavy atom. The third-order valence-electron chi connectivity index (χ3n) is 1.30. The topological polar surface area (TPSA) is 26.3 Å². The van der Waals surface area contributed by atoms with E-state index >= 15 is 0 Å². The quantitative estimate of drug-likeness (QED) is 0.418. The molecule has 0 saturated carbocycles. The van der Waals surface area contributed by atoms with Crippen LogP contribution in [0.5, 0.6) is 0 Å². The fraction of sp³-hybridized carbons (Fsp3) is 0.875. The average Bonchev–Trinajstić information content (AvgIpc) is 2.05. The second kappa shape index (κ2) is 15.5. The van der Waals surface area contributed by atoms with Crippen LogP contribution in [-0.2, 0) is 22.7 Å². The summed E-state index contributed by atoms with van der Waals surface area (Å²) in [6.45, 7) is 4.20. The summed E-state index contributed by atoms with van der Waals surface area (Å²) in [5.74, 6) is -0.170. The van der Waals surface area contributed by atoms with E-state index in [4.69, 9.17) is 4.74 Å². The Labute approximate surface area is 101 Å². The first-order chi connectivity index (χ1) is 6.18. The van der Waals surface area contributed by atoms with Gasteiger partial charge in [0, 0.05) is 6.92 Å². The average molecular weight is 369 g/mol. The standard InChI is InChI=1S/C8H16O2.2BrH.Zn/c1-3-4-5-6-7-10-8(2)9;;;/h3-7H2,1-2H3;2*1H;/q;;;+2/p-2. The van der Waals surface area contributed by atoms with Crippen molar-refractivity contribution in [1.29, 1.82) is 0 Å². The second-order valence-corrected chi connectivity index (χ2v) is 16.6. The first-order valence-corrected chi connectivity index (χ1v) is 18.3. The number of rotatable bonds is 5. The van der Waals surface area contributed by atoms with E-state index in [2.05, 4.69) is 34.2 Å². The Bertz CT molecular complexity index is 112. The van der Waals surface area contributed by atoms with Crippen molar-refractivity contribution in [3.05, 3.63) is 0 Å². The molecule has 0 unspecified atom stereocenters. The molecule has 0 atom stereocenters. The van der Waals surface area contributed by atoms with E-state index in [1.165, 1.54) is 26.2 Å². The summed E-state index contributed by atoms with van der Waals surface area (Å²) in [5.41, 5.74) is 0. The maximum absolute atomic E-state index is 10.3. The SMILES string of the molecule is CCCCCCOC(C)=O.[Br][Zn][Br]. The van der Waals surface area contributed by atoms with Crippen molar-refractivity contribution in [3.63, 3.8) is 0 Å². The molecule has 0 aromatic carbocycles. The van der Waals surface area contributed by atoms with E-state index in [0.29, 0.717) is 6.61 Å². The third-order valence-corrected chi connectivity index (χ3v) is 1.30. The summed E-state index contributed by atoms with van der Waals surface area (Å²) in [5, 5.41) is 0. The first kappa shape index (κ1) is 16.5. The van der Waals surface area contributed by atoms with Gasteiger partial charge in [0.2, 0.25) is 0 Å². The molecule has 0 amide bonds. The van der Waals surface area contributed by atoms with Gasteiger partial charge in [-0.15, -0.1) is 0 Å². The molecule has 0 N–H and O–H groups in total. The van der Waals surface area contributed by atoms with E-state index < -0.39 is 0 Å². The number of ether oxygens (including phenoxy) is 1. The summed E-state index contributed by atoms with van der Waals surface area (Å²) >= 11 is 6.25. The van der Waals surface area contributed by atoms with Gasteiger partial charge in [0.1, 0.15) is 0 Å².